The van der Waals surface area contributed by atoms with E-state index in [9.17, 15) is 9.90 Å². The molecule has 7 nitrogen and oxygen atoms in total. The maximum absolute atomic E-state index is 11.8. The molecule has 3 aromatic rings. The van der Waals surface area contributed by atoms with E-state index in [1.807, 2.05) is 12.1 Å². The van der Waals surface area contributed by atoms with Gasteiger partial charge < -0.3 is 14.6 Å². The molecular weight excluding hydrogens is 422 g/mol. The topological polar surface area (TPSA) is 86.5 Å². The quantitative estimate of drug-likeness (QED) is 0.318. The van der Waals surface area contributed by atoms with Crippen molar-refractivity contribution in [2.24, 2.45) is 0 Å². The highest BCUT2D eigenvalue weighted by Gasteiger charge is 2.24. The molecule has 1 N–H and O–H groups in total. The van der Waals surface area contributed by atoms with E-state index in [4.69, 9.17) is 9.47 Å². The molecule has 0 saturated heterocycles. The van der Waals surface area contributed by atoms with Gasteiger partial charge >= 0.3 is 5.97 Å². The number of rotatable bonds is 10. The fraction of sp³-hybridized carbons (Fsp3) is 0.375. The third-order valence-electron chi connectivity index (χ3n) is 5.48. The van der Waals surface area contributed by atoms with Crippen LogP contribution in [0.25, 0.3) is 11.1 Å². The summed E-state index contributed by atoms with van der Waals surface area (Å²) in [7, 11) is -1.22. The summed E-state index contributed by atoms with van der Waals surface area (Å²) >= 11 is 0. The molecular formula is C24H29N3O4Si. The second-order valence-electron chi connectivity index (χ2n) is 9.42. The molecule has 1 aromatic heterocycles. The lowest BCUT2D eigenvalue weighted by atomic mass is 10.0. The minimum absolute atomic E-state index is 0.0261. The molecule has 1 aliphatic carbocycles. The van der Waals surface area contributed by atoms with E-state index in [0.29, 0.717) is 12.4 Å². The number of aromatic carboxylic acids is 1. The van der Waals surface area contributed by atoms with Crippen LogP contribution in [0.4, 0.5) is 0 Å². The lowest BCUT2D eigenvalue weighted by molar-refractivity contribution is 0.0584. The zero-order valence-corrected chi connectivity index (χ0v) is 19.7. The molecule has 0 spiro atoms. The number of carboxylic acids is 1. The van der Waals surface area contributed by atoms with Gasteiger partial charge in [-0.1, -0.05) is 66.4 Å². The lowest BCUT2D eigenvalue weighted by Gasteiger charge is -2.15. The molecule has 0 atom stereocenters. The van der Waals surface area contributed by atoms with E-state index in [1.54, 1.807) is 12.1 Å². The highest BCUT2D eigenvalue weighted by Crippen LogP contribution is 2.40. The Kier molecular flexibility index (Phi) is 6.43. The van der Waals surface area contributed by atoms with Crippen LogP contribution in [-0.4, -0.2) is 40.8 Å². The van der Waals surface area contributed by atoms with Crippen LogP contribution in [-0.2, 0) is 11.5 Å². The summed E-state index contributed by atoms with van der Waals surface area (Å²) in [6, 6.07) is 17.2. The van der Waals surface area contributed by atoms with Gasteiger partial charge in [-0.15, -0.1) is 0 Å². The number of hydrogen-bond acceptors (Lipinski definition) is 5. The van der Waals surface area contributed by atoms with Crippen LogP contribution in [0.1, 0.15) is 34.8 Å². The first-order valence-electron chi connectivity index (χ1n) is 10.9. The second kappa shape index (κ2) is 9.26. The Morgan fingerprint density at radius 1 is 1.06 bits per heavy atom. The van der Waals surface area contributed by atoms with Crippen LogP contribution < -0.4 is 4.74 Å². The van der Waals surface area contributed by atoms with Crippen LogP contribution in [0.2, 0.25) is 25.7 Å². The van der Waals surface area contributed by atoms with E-state index in [-0.39, 0.29) is 18.3 Å². The van der Waals surface area contributed by atoms with Crippen LogP contribution >= 0.6 is 0 Å². The molecule has 1 heterocycles. The van der Waals surface area contributed by atoms with Crippen molar-refractivity contribution in [2.45, 2.75) is 51.2 Å². The Hall–Kier alpha value is -2.97. The minimum Gasteiger partial charge on any atom is -0.476 e. The first-order chi connectivity index (χ1) is 15.3. The van der Waals surface area contributed by atoms with E-state index in [0.717, 1.165) is 23.1 Å². The maximum Gasteiger partial charge on any atom is 0.360 e. The Balaban J connectivity index is 1.41. The highest BCUT2D eigenvalue weighted by molar-refractivity contribution is 6.76. The Morgan fingerprint density at radius 3 is 2.25 bits per heavy atom. The average Bonchev–Trinajstić information content (AvgIpc) is 3.52. The molecule has 8 heteroatoms. The maximum atomic E-state index is 11.8. The zero-order valence-electron chi connectivity index (χ0n) is 18.7. The van der Waals surface area contributed by atoms with E-state index in [2.05, 4.69) is 54.2 Å². The Bertz CT molecular complexity index is 1070. The predicted molar refractivity (Wildman–Crippen MR) is 125 cm³/mol. The monoisotopic (exact) mass is 451 g/mol. The molecule has 4 rings (SSSR count). The molecule has 168 valence electrons. The molecule has 0 unspecified atom stereocenters. The standard InChI is InChI=1S/C24H29N3O4Si/c1-32(2,3)15-14-30-16-27-22(24(28)29)23(25-26-27)31-21-12-10-20(11-13-21)19-8-6-18(7-9-19)17-4-5-17/h6-13,17H,4-5,14-16H2,1-3H3,(H,28,29). The van der Waals surface area contributed by atoms with Crippen LogP contribution in [0.5, 0.6) is 11.6 Å². The van der Waals surface area contributed by atoms with Crippen molar-refractivity contribution in [3.05, 3.63) is 59.8 Å². The number of carbonyl (C=O) groups is 1. The molecule has 1 saturated carbocycles. The van der Waals surface area contributed by atoms with Crippen molar-refractivity contribution in [3.63, 3.8) is 0 Å². The largest absolute Gasteiger partial charge is 0.476 e. The van der Waals surface area contributed by atoms with Gasteiger partial charge in [-0.3, -0.25) is 0 Å². The first-order valence-corrected chi connectivity index (χ1v) is 14.6. The van der Waals surface area contributed by atoms with E-state index >= 15 is 0 Å². The third-order valence-corrected chi connectivity index (χ3v) is 7.18. The first kappa shape index (κ1) is 22.2. The summed E-state index contributed by atoms with van der Waals surface area (Å²) in [5.41, 5.74) is 3.48. The van der Waals surface area contributed by atoms with Crippen molar-refractivity contribution in [1.82, 2.24) is 15.0 Å². The van der Waals surface area contributed by atoms with Crippen molar-refractivity contribution in [2.75, 3.05) is 6.61 Å². The van der Waals surface area contributed by atoms with Crippen molar-refractivity contribution in [1.29, 1.82) is 0 Å². The van der Waals surface area contributed by atoms with Gasteiger partial charge in [0.05, 0.1) is 0 Å². The number of hydrogen-bond donors (Lipinski definition) is 1. The molecule has 0 amide bonds. The fourth-order valence-corrected chi connectivity index (χ4v) is 4.14. The number of aromatic nitrogens is 3. The Morgan fingerprint density at radius 2 is 1.69 bits per heavy atom. The van der Waals surface area contributed by atoms with E-state index < -0.39 is 14.0 Å². The summed E-state index contributed by atoms with van der Waals surface area (Å²) in [5, 5.41) is 17.4. The van der Waals surface area contributed by atoms with Gasteiger partial charge in [0.1, 0.15) is 12.5 Å². The molecule has 0 radical (unpaired) electrons. The van der Waals surface area contributed by atoms with Gasteiger partial charge in [0.2, 0.25) is 5.69 Å². The van der Waals surface area contributed by atoms with Gasteiger partial charge in [0, 0.05) is 14.7 Å². The fourth-order valence-electron chi connectivity index (χ4n) is 3.38. The van der Waals surface area contributed by atoms with E-state index in [1.165, 1.54) is 23.1 Å². The third kappa shape index (κ3) is 5.63. The summed E-state index contributed by atoms with van der Waals surface area (Å²) < 4.78 is 12.6. The van der Waals surface area contributed by atoms with Crippen molar-refractivity contribution >= 4 is 14.0 Å². The highest BCUT2D eigenvalue weighted by atomic mass is 28.3. The number of benzene rings is 2. The summed E-state index contributed by atoms with van der Waals surface area (Å²) in [5.74, 6) is 0.0268. The molecule has 0 aliphatic heterocycles. The number of carboxylic acid groups (broad SMARTS) is 1. The van der Waals surface area contributed by atoms with Gasteiger partial charge in [-0.05, 0) is 53.6 Å². The lowest BCUT2D eigenvalue weighted by Crippen LogP contribution is -2.22. The molecule has 0 bridgehead atoms. The molecule has 1 aliphatic rings. The number of ether oxygens (including phenoxy) is 2. The minimum atomic E-state index is -1.22. The van der Waals surface area contributed by atoms with Crippen LogP contribution in [0, 0.1) is 0 Å². The molecule has 32 heavy (non-hydrogen) atoms. The van der Waals surface area contributed by atoms with Gasteiger partial charge in [-0.2, -0.15) is 0 Å². The average molecular weight is 452 g/mol. The molecule has 2 aromatic carbocycles. The van der Waals surface area contributed by atoms with Gasteiger partial charge in [0.15, 0.2) is 0 Å². The smallest absolute Gasteiger partial charge is 0.360 e. The van der Waals surface area contributed by atoms with Crippen molar-refractivity contribution in [3.8, 4) is 22.8 Å². The van der Waals surface area contributed by atoms with Gasteiger partial charge in [0.25, 0.3) is 5.88 Å². The summed E-state index contributed by atoms with van der Waals surface area (Å²) in [6.45, 7) is 7.37. The van der Waals surface area contributed by atoms with Crippen LogP contribution in [0.3, 0.4) is 0 Å². The Labute approximate surface area is 189 Å². The number of nitrogens with zero attached hydrogens (tertiary/aromatic N) is 3. The second-order valence-corrected chi connectivity index (χ2v) is 15.0. The normalized spacial score (nSPS) is 13.8. The van der Waals surface area contributed by atoms with Crippen LogP contribution in [0.15, 0.2) is 48.5 Å². The van der Waals surface area contributed by atoms with Gasteiger partial charge in [-0.25, -0.2) is 9.48 Å². The van der Waals surface area contributed by atoms with Crippen molar-refractivity contribution < 1.29 is 19.4 Å². The SMILES string of the molecule is C[Si](C)(C)CCOCn1nnc(Oc2ccc(-c3ccc(C4CC4)cc3)cc2)c1C(=O)O. The molecule has 1 fully saturated rings. The summed E-state index contributed by atoms with van der Waals surface area (Å²) in [6.07, 6.45) is 2.58. The zero-order chi connectivity index (χ0) is 22.7. The summed E-state index contributed by atoms with van der Waals surface area (Å²) in [4.78, 5) is 11.8. The predicted octanol–water partition coefficient (Wildman–Crippen LogP) is 5.63.